The average molecular weight is 320 g/mol. The van der Waals surface area contributed by atoms with Crippen molar-refractivity contribution >= 4 is 23.3 Å². The highest BCUT2D eigenvalue weighted by molar-refractivity contribution is 6.31. The number of aromatic nitrogens is 3. The molecule has 1 atom stereocenters. The molecule has 1 saturated heterocycles. The number of amides is 2. The third-order valence-corrected chi connectivity index (χ3v) is 4.33. The fourth-order valence-corrected chi connectivity index (χ4v) is 2.75. The normalized spacial score (nSPS) is 17.8. The van der Waals surface area contributed by atoms with Crippen LogP contribution in [0, 0.1) is 13.8 Å². The average Bonchev–Trinajstić information content (AvgIpc) is 3.12. The quantitative estimate of drug-likeness (QED) is 0.925. The van der Waals surface area contributed by atoms with Crippen molar-refractivity contribution < 1.29 is 4.79 Å². The molecule has 3 heterocycles. The zero-order valence-electron chi connectivity index (χ0n) is 12.6. The summed E-state index contributed by atoms with van der Waals surface area (Å²) in [7, 11) is 0. The van der Waals surface area contributed by atoms with Gasteiger partial charge in [0.05, 0.1) is 29.1 Å². The topological polar surface area (TPSA) is 63.1 Å². The summed E-state index contributed by atoms with van der Waals surface area (Å²) in [5.74, 6) is 0. The predicted molar refractivity (Wildman–Crippen MR) is 85.2 cm³/mol. The van der Waals surface area contributed by atoms with Crippen LogP contribution >= 0.6 is 11.6 Å². The second-order valence-corrected chi connectivity index (χ2v) is 6.02. The molecule has 116 valence electrons. The van der Waals surface area contributed by atoms with E-state index < -0.39 is 0 Å². The van der Waals surface area contributed by atoms with E-state index >= 15 is 0 Å². The second kappa shape index (κ2) is 5.96. The summed E-state index contributed by atoms with van der Waals surface area (Å²) < 4.78 is 1.94. The molecule has 0 saturated carbocycles. The summed E-state index contributed by atoms with van der Waals surface area (Å²) in [6.45, 7) is 5.24. The molecule has 1 aliphatic heterocycles. The van der Waals surface area contributed by atoms with Crippen molar-refractivity contribution in [1.82, 2.24) is 19.7 Å². The molecular weight excluding hydrogens is 302 g/mol. The molecule has 6 nitrogen and oxygen atoms in total. The zero-order valence-corrected chi connectivity index (χ0v) is 13.3. The molecule has 0 aromatic carbocycles. The Morgan fingerprint density at radius 3 is 2.91 bits per heavy atom. The van der Waals surface area contributed by atoms with Crippen molar-refractivity contribution in [2.45, 2.75) is 26.3 Å². The summed E-state index contributed by atoms with van der Waals surface area (Å²) in [6, 6.07) is 0.108. The lowest BCUT2D eigenvalue weighted by Crippen LogP contribution is -2.33. The Kier molecular flexibility index (Phi) is 4.02. The number of rotatable bonds is 2. The van der Waals surface area contributed by atoms with Crippen molar-refractivity contribution in [3.8, 4) is 0 Å². The van der Waals surface area contributed by atoms with Crippen LogP contribution in [0.3, 0.4) is 0 Å². The van der Waals surface area contributed by atoms with Gasteiger partial charge in [-0.15, -0.1) is 0 Å². The van der Waals surface area contributed by atoms with E-state index in [0.717, 1.165) is 17.5 Å². The molecule has 0 radical (unpaired) electrons. The van der Waals surface area contributed by atoms with Crippen LogP contribution in [0.5, 0.6) is 0 Å². The van der Waals surface area contributed by atoms with Crippen molar-refractivity contribution in [3.05, 3.63) is 40.9 Å². The van der Waals surface area contributed by atoms with Crippen LogP contribution in [0.25, 0.3) is 0 Å². The lowest BCUT2D eigenvalue weighted by atomic mass is 10.2. The van der Waals surface area contributed by atoms with Crippen molar-refractivity contribution in [2.24, 2.45) is 0 Å². The summed E-state index contributed by atoms with van der Waals surface area (Å²) >= 11 is 6.02. The second-order valence-electron chi connectivity index (χ2n) is 5.61. The predicted octanol–water partition coefficient (Wildman–Crippen LogP) is 3.03. The van der Waals surface area contributed by atoms with E-state index in [1.807, 2.05) is 30.9 Å². The van der Waals surface area contributed by atoms with Gasteiger partial charge in [-0.3, -0.25) is 9.67 Å². The number of aryl methyl sites for hydroxylation is 1. The number of hydrogen-bond donors (Lipinski definition) is 1. The number of halogens is 1. The number of hydrogen-bond acceptors (Lipinski definition) is 3. The first-order valence-electron chi connectivity index (χ1n) is 7.21. The molecule has 1 aliphatic rings. The highest BCUT2D eigenvalue weighted by Crippen LogP contribution is 2.24. The molecule has 7 heteroatoms. The number of likely N-dealkylation sites (tertiary alicyclic amines) is 1. The van der Waals surface area contributed by atoms with Crippen molar-refractivity contribution in [3.63, 3.8) is 0 Å². The SMILES string of the molecule is Cc1cnn(C2CCN(C(=O)Nc3cncc(Cl)c3C)C2)c1. The van der Waals surface area contributed by atoms with E-state index in [1.54, 1.807) is 17.3 Å². The van der Waals surface area contributed by atoms with Crippen LogP contribution in [0.15, 0.2) is 24.8 Å². The van der Waals surface area contributed by atoms with E-state index in [9.17, 15) is 4.79 Å². The maximum atomic E-state index is 12.4. The van der Waals surface area contributed by atoms with Gasteiger partial charge in [-0.25, -0.2) is 4.79 Å². The van der Waals surface area contributed by atoms with Gasteiger partial charge >= 0.3 is 6.03 Å². The van der Waals surface area contributed by atoms with Gasteiger partial charge < -0.3 is 10.2 Å². The molecule has 1 fully saturated rings. The Hall–Kier alpha value is -2.08. The van der Waals surface area contributed by atoms with Crippen LogP contribution in [-0.2, 0) is 0 Å². The van der Waals surface area contributed by atoms with E-state index in [1.165, 1.54) is 0 Å². The number of carbonyl (C=O) groups is 1. The van der Waals surface area contributed by atoms with Crippen LogP contribution in [0.1, 0.15) is 23.6 Å². The van der Waals surface area contributed by atoms with Gasteiger partial charge in [0.1, 0.15) is 0 Å². The third-order valence-electron chi connectivity index (χ3n) is 3.95. The molecule has 0 bridgehead atoms. The molecule has 0 aliphatic carbocycles. The van der Waals surface area contributed by atoms with E-state index in [-0.39, 0.29) is 12.1 Å². The maximum absolute atomic E-state index is 12.4. The van der Waals surface area contributed by atoms with E-state index in [4.69, 9.17) is 11.6 Å². The zero-order chi connectivity index (χ0) is 15.7. The van der Waals surface area contributed by atoms with Gasteiger partial charge in [0, 0.05) is 25.5 Å². The standard InChI is InChI=1S/C15H18ClN5O/c1-10-5-18-21(8-10)12-3-4-20(9-12)15(22)19-14-7-17-6-13(16)11(14)2/h5-8,12H,3-4,9H2,1-2H3,(H,19,22). The van der Waals surface area contributed by atoms with Crippen LogP contribution in [0.4, 0.5) is 10.5 Å². The number of nitrogens with one attached hydrogen (secondary N) is 1. The first kappa shape index (κ1) is 14.8. The monoisotopic (exact) mass is 319 g/mol. The van der Waals surface area contributed by atoms with Gasteiger partial charge in [-0.2, -0.15) is 5.10 Å². The molecule has 2 aromatic rings. The van der Waals surface area contributed by atoms with Crippen LogP contribution in [-0.4, -0.2) is 38.8 Å². The molecule has 3 rings (SSSR count). The Morgan fingerprint density at radius 2 is 2.18 bits per heavy atom. The highest BCUT2D eigenvalue weighted by Gasteiger charge is 2.28. The molecule has 2 aromatic heterocycles. The van der Waals surface area contributed by atoms with Gasteiger partial charge in [-0.05, 0) is 31.4 Å². The summed E-state index contributed by atoms with van der Waals surface area (Å²) in [5, 5.41) is 7.76. The lowest BCUT2D eigenvalue weighted by Gasteiger charge is -2.18. The minimum Gasteiger partial charge on any atom is -0.322 e. The fourth-order valence-electron chi connectivity index (χ4n) is 2.59. The molecule has 22 heavy (non-hydrogen) atoms. The number of carbonyl (C=O) groups excluding carboxylic acids is 1. The van der Waals surface area contributed by atoms with Gasteiger partial charge in [0.15, 0.2) is 0 Å². The van der Waals surface area contributed by atoms with Crippen molar-refractivity contribution in [1.29, 1.82) is 0 Å². The third kappa shape index (κ3) is 2.92. The minimum absolute atomic E-state index is 0.126. The van der Waals surface area contributed by atoms with E-state index in [2.05, 4.69) is 15.4 Å². The number of pyridine rings is 1. The smallest absolute Gasteiger partial charge is 0.321 e. The van der Waals surface area contributed by atoms with Crippen molar-refractivity contribution in [2.75, 3.05) is 18.4 Å². The van der Waals surface area contributed by atoms with Crippen LogP contribution < -0.4 is 5.32 Å². The summed E-state index contributed by atoms with van der Waals surface area (Å²) in [5.41, 5.74) is 2.60. The Labute approximate surface area is 134 Å². The molecule has 0 spiro atoms. The Bertz CT molecular complexity index is 699. The number of anilines is 1. The molecule has 1 N–H and O–H groups in total. The van der Waals surface area contributed by atoms with Gasteiger partial charge in [0.2, 0.25) is 0 Å². The molecule has 1 unspecified atom stereocenters. The molecule has 2 amide bonds. The minimum atomic E-state index is -0.126. The number of nitrogens with zero attached hydrogens (tertiary/aromatic N) is 4. The number of urea groups is 1. The largest absolute Gasteiger partial charge is 0.322 e. The highest BCUT2D eigenvalue weighted by atomic mass is 35.5. The van der Waals surface area contributed by atoms with Gasteiger partial charge in [0.25, 0.3) is 0 Å². The molecular formula is C15H18ClN5O. The van der Waals surface area contributed by atoms with E-state index in [0.29, 0.717) is 23.8 Å². The first-order valence-corrected chi connectivity index (χ1v) is 7.59. The van der Waals surface area contributed by atoms with Gasteiger partial charge in [-0.1, -0.05) is 11.6 Å². The maximum Gasteiger partial charge on any atom is 0.321 e. The summed E-state index contributed by atoms with van der Waals surface area (Å²) in [4.78, 5) is 18.2. The Morgan fingerprint density at radius 1 is 1.36 bits per heavy atom. The van der Waals surface area contributed by atoms with Crippen LogP contribution in [0.2, 0.25) is 5.02 Å². The summed E-state index contributed by atoms with van der Waals surface area (Å²) in [6.07, 6.45) is 7.93. The Balaban J connectivity index is 1.65. The lowest BCUT2D eigenvalue weighted by molar-refractivity contribution is 0.220. The first-order chi connectivity index (χ1) is 10.5. The fraction of sp³-hybridized carbons (Fsp3) is 0.400.